The quantitative estimate of drug-likeness (QED) is 0.615. The largest absolute Gasteiger partial charge is 0.381 e. The summed E-state index contributed by atoms with van der Waals surface area (Å²) in [5.74, 6) is 1.32. The Morgan fingerprint density at radius 2 is 1.74 bits per heavy atom. The monoisotopic (exact) mass is 324 g/mol. The first-order valence-corrected chi connectivity index (χ1v) is 9.29. The van der Waals surface area contributed by atoms with Gasteiger partial charge in [0, 0.05) is 44.7 Å². The zero-order valence-corrected chi connectivity index (χ0v) is 14.3. The third-order valence-electron chi connectivity index (χ3n) is 5.39. The lowest BCUT2D eigenvalue weighted by molar-refractivity contribution is 0.00365. The number of nitrogens with zero attached hydrogens (tertiary/aromatic N) is 3. The van der Waals surface area contributed by atoms with Crippen molar-refractivity contribution in [2.75, 3.05) is 59.2 Å². The van der Waals surface area contributed by atoms with Crippen LogP contribution in [-0.4, -0.2) is 81.0 Å². The molecule has 0 amide bonds. The van der Waals surface area contributed by atoms with Gasteiger partial charge in [-0.15, -0.1) is 0 Å². The van der Waals surface area contributed by atoms with E-state index in [2.05, 4.69) is 9.80 Å². The van der Waals surface area contributed by atoms with Crippen LogP contribution in [0, 0.1) is 5.92 Å². The van der Waals surface area contributed by atoms with Crippen molar-refractivity contribution in [2.24, 2.45) is 16.6 Å². The average Bonchev–Trinajstić information content (AvgIpc) is 2.97. The van der Waals surface area contributed by atoms with Gasteiger partial charge in [-0.3, -0.25) is 9.89 Å². The van der Waals surface area contributed by atoms with Gasteiger partial charge in [-0.05, 0) is 19.3 Å². The standard InChI is InChI=1S/C17H32N4O2/c18-17(21-6-3-1-2-4-7-21)19-13-16(15-5-10-23-14-15)20-8-11-22-12-9-20/h15-16H,1-14H2,(H2,18,19)/t15-,16-/m1/s1. The van der Waals surface area contributed by atoms with Crippen molar-refractivity contribution in [3.63, 3.8) is 0 Å². The van der Waals surface area contributed by atoms with Crippen LogP contribution >= 0.6 is 0 Å². The number of ether oxygens (including phenoxy) is 2. The fourth-order valence-electron chi connectivity index (χ4n) is 3.91. The van der Waals surface area contributed by atoms with E-state index in [1.54, 1.807) is 0 Å². The molecular formula is C17H32N4O2. The Kier molecular flexibility index (Phi) is 6.54. The average molecular weight is 324 g/mol. The second kappa shape index (κ2) is 8.85. The van der Waals surface area contributed by atoms with E-state index in [9.17, 15) is 0 Å². The first kappa shape index (κ1) is 17.0. The lowest BCUT2D eigenvalue weighted by Gasteiger charge is -2.36. The zero-order valence-electron chi connectivity index (χ0n) is 14.3. The van der Waals surface area contributed by atoms with Gasteiger partial charge >= 0.3 is 0 Å². The molecule has 23 heavy (non-hydrogen) atoms. The number of nitrogens with two attached hydrogens (primary N) is 1. The van der Waals surface area contributed by atoms with E-state index < -0.39 is 0 Å². The van der Waals surface area contributed by atoms with Crippen molar-refractivity contribution < 1.29 is 9.47 Å². The van der Waals surface area contributed by atoms with Gasteiger partial charge in [-0.2, -0.15) is 0 Å². The number of hydrogen-bond donors (Lipinski definition) is 1. The number of rotatable bonds is 4. The van der Waals surface area contributed by atoms with Crippen LogP contribution in [0.15, 0.2) is 4.99 Å². The molecule has 0 unspecified atom stereocenters. The van der Waals surface area contributed by atoms with Gasteiger partial charge in [0.2, 0.25) is 0 Å². The van der Waals surface area contributed by atoms with E-state index in [-0.39, 0.29) is 0 Å². The molecule has 0 bridgehead atoms. The molecule has 3 rings (SSSR count). The Bertz CT molecular complexity index is 371. The molecule has 0 aliphatic carbocycles. The van der Waals surface area contributed by atoms with Crippen LogP contribution in [0.4, 0.5) is 0 Å². The van der Waals surface area contributed by atoms with Gasteiger partial charge in [0.1, 0.15) is 0 Å². The number of aliphatic imine (C=N–C) groups is 1. The van der Waals surface area contributed by atoms with Crippen molar-refractivity contribution in [2.45, 2.75) is 38.1 Å². The summed E-state index contributed by atoms with van der Waals surface area (Å²) in [4.78, 5) is 9.59. The molecule has 6 nitrogen and oxygen atoms in total. The van der Waals surface area contributed by atoms with Crippen LogP contribution in [0.2, 0.25) is 0 Å². The van der Waals surface area contributed by atoms with Crippen molar-refractivity contribution in [3.05, 3.63) is 0 Å². The van der Waals surface area contributed by atoms with Gasteiger partial charge in [-0.1, -0.05) is 12.8 Å². The van der Waals surface area contributed by atoms with Crippen molar-refractivity contribution in [3.8, 4) is 0 Å². The van der Waals surface area contributed by atoms with Crippen LogP contribution in [0.3, 0.4) is 0 Å². The summed E-state index contributed by atoms with van der Waals surface area (Å²) in [5, 5.41) is 0. The number of likely N-dealkylation sites (tertiary alicyclic amines) is 1. The number of guanidine groups is 1. The topological polar surface area (TPSA) is 63.3 Å². The van der Waals surface area contributed by atoms with Crippen molar-refractivity contribution in [1.82, 2.24) is 9.80 Å². The van der Waals surface area contributed by atoms with Gasteiger partial charge in [-0.25, -0.2) is 0 Å². The normalized spacial score (nSPS) is 29.5. The second-order valence-electron chi connectivity index (χ2n) is 6.94. The Hall–Kier alpha value is -0.850. The molecule has 3 fully saturated rings. The third-order valence-corrected chi connectivity index (χ3v) is 5.39. The summed E-state index contributed by atoms with van der Waals surface area (Å²) in [5.41, 5.74) is 6.30. The molecular weight excluding hydrogens is 292 g/mol. The molecule has 6 heteroatoms. The molecule has 0 saturated carbocycles. The van der Waals surface area contributed by atoms with Crippen LogP contribution in [0.25, 0.3) is 0 Å². The van der Waals surface area contributed by atoms with Gasteiger partial charge in [0.15, 0.2) is 5.96 Å². The van der Waals surface area contributed by atoms with E-state index in [0.29, 0.717) is 12.0 Å². The highest BCUT2D eigenvalue weighted by Gasteiger charge is 2.31. The van der Waals surface area contributed by atoms with Crippen LogP contribution in [0.1, 0.15) is 32.1 Å². The Morgan fingerprint density at radius 3 is 2.39 bits per heavy atom. The van der Waals surface area contributed by atoms with E-state index in [0.717, 1.165) is 71.5 Å². The second-order valence-corrected chi connectivity index (χ2v) is 6.94. The van der Waals surface area contributed by atoms with E-state index in [1.165, 1.54) is 25.7 Å². The molecule has 3 heterocycles. The summed E-state index contributed by atoms with van der Waals surface area (Å²) in [6, 6.07) is 0.437. The smallest absolute Gasteiger partial charge is 0.191 e. The highest BCUT2D eigenvalue weighted by molar-refractivity contribution is 5.78. The maximum Gasteiger partial charge on any atom is 0.191 e. The Labute approximate surface area is 140 Å². The summed E-state index contributed by atoms with van der Waals surface area (Å²) in [6.07, 6.45) is 6.25. The molecule has 2 N–H and O–H groups in total. The van der Waals surface area contributed by atoms with E-state index in [4.69, 9.17) is 20.2 Å². The minimum Gasteiger partial charge on any atom is -0.381 e. The molecule has 3 saturated heterocycles. The molecule has 3 aliphatic heterocycles. The summed E-state index contributed by atoms with van der Waals surface area (Å²) in [7, 11) is 0. The van der Waals surface area contributed by atoms with Crippen LogP contribution in [-0.2, 0) is 9.47 Å². The molecule has 0 aromatic carbocycles. The first-order valence-electron chi connectivity index (χ1n) is 9.29. The number of morpholine rings is 1. The Balaban J connectivity index is 1.60. The SMILES string of the molecule is NC(=NC[C@H]([C@@H]1CCOC1)N1CCOCC1)N1CCCCCC1. The summed E-state index contributed by atoms with van der Waals surface area (Å²) >= 11 is 0. The molecule has 0 aromatic rings. The number of hydrogen-bond acceptors (Lipinski definition) is 4. The van der Waals surface area contributed by atoms with E-state index >= 15 is 0 Å². The maximum atomic E-state index is 6.30. The molecule has 0 spiro atoms. The van der Waals surface area contributed by atoms with Gasteiger partial charge in [0.25, 0.3) is 0 Å². The molecule has 3 aliphatic rings. The predicted octanol–water partition coefficient (Wildman–Crippen LogP) is 0.914. The predicted molar refractivity (Wildman–Crippen MR) is 91.6 cm³/mol. The fraction of sp³-hybridized carbons (Fsp3) is 0.941. The molecule has 0 radical (unpaired) electrons. The summed E-state index contributed by atoms with van der Waals surface area (Å²) in [6.45, 7) is 8.31. The fourth-order valence-corrected chi connectivity index (χ4v) is 3.91. The lowest BCUT2D eigenvalue weighted by atomic mass is 9.97. The minimum absolute atomic E-state index is 0.437. The highest BCUT2D eigenvalue weighted by Crippen LogP contribution is 2.22. The third kappa shape index (κ3) is 4.81. The Morgan fingerprint density at radius 1 is 1.00 bits per heavy atom. The van der Waals surface area contributed by atoms with Crippen molar-refractivity contribution in [1.29, 1.82) is 0 Å². The zero-order chi connectivity index (χ0) is 15.9. The van der Waals surface area contributed by atoms with Crippen LogP contribution in [0.5, 0.6) is 0 Å². The molecule has 132 valence electrons. The van der Waals surface area contributed by atoms with Crippen molar-refractivity contribution >= 4 is 5.96 Å². The highest BCUT2D eigenvalue weighted by atomic mass is 16.5. The van der Waals surface area contributed by atoms with Gasteiger partial charge < -0.3 is 20.1 Å². The van der Waals surface area contributed by atoms with Crippen LogP contribution < -0.4 is 5.73 Å². The maximum absolute atomic E-state index is 6.30. The summed E-state index contributed by atoms with van der Waals surface area (Å²) < 4.78 is 11.1. The van der Waals surface area contributed by atoms with Gasteiger partial charge in [0.05, 0.1) is 26.4 Å². The molecule has 2 atom stereocenters. The lowest BCUT2D eigenvalue weighted by Crippen LogP contribution is -2.49. The first-order chi connectivity index (χ1) is 11.3. The van der Waals surface area contributed by atoms with E-state index in [1.807, 2.05) is 0 Å². The molecule has 0 aromatic heterocycles. The minimum atomic E-state index is 0.437.